The van der Waals surface area contributed by atoms with Gasteiger partial charge in [0.2, 0.25) is 10.0 Å². The summed E-state index contributed by atoms with van der Waals surface area (Å²) < 4.78 is 88.7. The number of halogens is 4. The van der Waals surface area contributed by atoms with Crippen molar-refractivity contribution in [1.29, 1.82) is 0 Å². The maximum absolute atomic E-state index is 14.2. The monoisotopic (exact) mass is 490 g/mol. The lowest BCUT2D eigenvalue weighted by molar-refractivity contribution is 0.106. The highest BCUT2D eigenvalue weighted by molar-refractivity contribution is 7.91. The second-order valence-corrected chi connectivity index (χ2v) is 9.30. The summed E-state index contributed by atoms with van der Waals surface area (Å²) in [5.74, 6) is -8.38. The molecule has 2 aromatic rings. The smallest absolute Gasteiger partial charge is 0.414 e. The van der Waals surface area contributed by atoms with E-state index in [9.17, 15) is 35.9 Å². The van der Waals surface area contributed by atoms with Gasteiger partial charge in [0.25, 0.3) is 0 Å². The molecular weight excluding hydrogens is 468 g/mol. The van der Waals surface area contributed by atoms with Gasteiger partial charge in [-0.05, 0) is 32.4 Å². The van der Waals surface area contributed by atoms with E-state index in [1.54, 1.807) is 6.92 Å². The highest BCUT2D eigenvalue weighted by Gasteiger charge is 2.34. The van der Waals surface area contributed by atoms with Crippen molar-refractivity contribution in [1.82, 2.24) is 0 Å². The number of sulfonamides is 1. The first-order chi connectivity index (χ1) is 15.4. The molecule has 1 aliphatic heterocycles. The van der Waals surface area contributed by atoms with Crippen molar-refractivity contribution >= 4 is 27.5 Å². The zero-order valence-electron chi connectivity index (χ0n) is 18.0. The molecule has 33 heavy (non-hydrogen) atoms. The number of fused-ring (bicyclic) bond motifs is 1. The van der Waals surface area contributed by atoms with Crippen LogP contribution < -0.4 is 9.62 Å². The quantitative estimate of drug-likeness (QED) is 0.443. The van der Waals surface area contributed by atoms with Crippen LogP contribution in [0.5, 0.6) is 0 Å². The van der Waals surface area contributed by atoms with Gasteiger partial charge in [-0.15, -0.1) is 0 Å². The van der Waals surface area contributed by atoms with E-state index >= 15 is 0 Å². The molecule has 0 saturated carbocycles. The molecule has 0 fully saturated rings. The lowest BCUT2D eigenvalue weighted by Crippen LogP contribution is -2.38. The Labute approximate surface area is 188 Å². The van der Waals surface area contributed by atoms with E-state index < -0.39 is 69.0 Å². The van der Waals surface area contributed by atoms with Gasteiger partial charge in [0.15, 0.2) is 23.3 Å². The normalized spacial score (nSPS) is 15.9. The number of anilines is 2. The van der Waals surface area contributed by atoms with Crippen LogP contribution in [0, 0.1) is 30.2 Å². The average Bonchev–Trinajstić information content (AvgIpc) is 2.76. The van der Waals surface area contributed by atoms with Gasteiger partial charge in [-0.25, -0.2) is 30.8 Å². The van der Waals surface area contributed by atoms with Crippen LogP contribution in [-0.2, 0) is 27.1 Å². The predicted molar refractivity (Wildman–Crippen MR) is 112 cm³/mol. The fourth-order valence-corrected chi connectivity index (χ4v) is 4.95. The Morgan fingerprint density at radius 1 is 1.09 bits per heavy atom. The van der Waals surface area contributed by atoms with Crippen molar-refractivity contribution in [3.05, 3.63) is 57.7 Å². The second-order valence-electron chi connectivity index (χ2n) is 7.58. The Morgan fingerprint density at radius 3 is 2.24 bits per heavy atom. The number of cyclic esters (lactones) is 1. The van der Waals surface area contributed by atoms with Crippen LogP contribution in [0.3, 0.4) is 0 Å². The van der Waals surface area contributed by atoms with Crippen molar-refractivity contribution in [3.8, 4) is 0 Å². The number of nitrogens with one attached hydrogen (secondary N) is 1. The third-order valence-electron chi connectivity index (χ3n) is 5.31. The third kappa shape index (κ3) is 4.49. The van der Waals surface area contributed by atoms with Gasteiger partial charge in [0, 0.05) is 28.8 Å². The Kier molecular flexibility index (Phi) is 6.89. The Bertz CT molecular complexity index is 1190. The molecule has 12 heteroatoms. The zero-order valence-corrected chi connectivity index (χ0v) is 18.8. The number of hydrogen-bond acceptors (Lipinski definition) is 5. The number of rotatable bonds is 7. The number of carbonyl (C=O) groups excluding carboxylic acids is 1. The van der Waals surface area contributed by atoms with E-state index in [2.05, 4.69) is 4.72 Å². The van der Waals surface area contributed by atoms with Crippen LogP contribution in [0.4, 0.5) is 33.7 Å². The first kappa shape index (κ1) is 24.8. The molecule has 3 rings (SSSR count). The van der Waals surface area contributed by atoms with Crippen molar-refractivity contribution in [3.63, 3.8) is 0 Å². The summed E-state index contributed by atoms with van der Waals surface area (Å²) >= 11 is 0. The number of benzene rings is 2. The number of amides is 1. The molecule has 1 amide bonds. The summed E-state index contributed by atoms with van der Waals surface area (Å²) in [4.78, 5) is 13.6. The second kappa shape index (κ2) is 9.18. The fourth-order valence-electron chi connectivity index (χ4n) is 3.72. The highest BCUT2D eigenvalue weighted by Crippen LogP contribution is 2.40. The van der Waals surface area contributed by atoms with Crippen molar-refractivity contribution in [2.24, 2.45) is 0 Å². The van der Waals surface area contributed by atoms with Gasteiger partial charge in [0.05, 0.1) is 18.0 Å². The van der Waals surface area contributed by atoms with Crippen molar-refractivity contribution in [2.75, 3.05) is 16.2 Å². The first-order valence-electron chi connectivity index (χ1n) is 10.00. The topological polar surface area (TPSA) is 95.9 Å². The van der Waals surface area contributed by atoms with E-state index in [1.807, 2.05) is 6.92 Å². The van der Waals surface area contributed by atoms with Crippen LogP contribution in [-0.4, -0.2) is 26.2 Å². The van der Waals surface area contributed by atoms with Gasteiger partial charge in [-0.3, -0.25) is 9.62 Å². The number of hydrogen-bond donors (Lipinski definition) is 2. The predicted octanol–water partition coefficient (Wildman–Crippen LogP) is 4.41. The van der Waals surface area contributed by atoms with Crippen LogP contribution in [0.2, 0.25) is 0 Å². The SMILES string of the molecule is CCCN1C(=O)OC(C)c2c1ccc(NS(=O)(=O)Cc1c(F)c(F)c(C)c(F)c1F)c2CO. The van der Waals surface area contributed by atoms with E-state index in [1.165, 1.54) is 17.0 Å². The van der Waals surface area contributed by atoms with E-state index in [4.69, 9.17) is 4.74 Å². The lowest BCUT2D eigenvalue weighted by Gasteiger charge is -2.34. The van der Waals surface area contributed by atoms with Crippen molar-refractivity contribution in [2.45, 2.75) is 45.7 Å². The largest absolute Gasteiger partial charge is 0.441 e. The highest BCUT2D eigenvalue weighted by atomic mass is 32.2. The van der Waals surface area contributed by atoms with Crippen LogP contribution >= 0.6 is 0 Å². The fraction of sp³-hybridized carbons (Fsp3) is 0.381. The minimum Gasteiger partial charge on any atom is -0.441 e. The number of aliphatic hydroxyl groups is 1. The Morgan fingerprint density at radius 2 is 1.70 bits per heavy atom. The van der Waals surface area contributed by atoms with E-state index in [0.717, 1.165) is 6.92 Å². The number of nitrogens with zero attached hydrogens (tertiary/aromatic N) is 1. The molecule has 0 aliphatic carbocycles. The average molecular weight is 490 g/mol. The molecular formula is C21H22F4N2O5S. The molecule has 1 aliphatic rings. The van der Waals surface area contributed by atoms with Crippen molar-refractivity contribution < 1.29 is 40.6 Å². The minimum absolute atomic E-state index is 0.0828. The molecule has 1 heterocycles. The zero-order chi connectivity index (χ0) is 24.7. The molecule has 2 aromatic carbocycles. The standard InChI is InChI=1S/C21H22F4N2O5S/c1-4-7-27-15-6-5-14(12(8-28)16(15)11(3)32-21(27)29)26-33(30,31)9-13-19(24)17(22)10(2)18(23)20(13)25/h5-6,11,26,28H,4,7-9H2,1-3H3. The Balaban J connectivity index is 2.02. The molecule has 180 valence electrons. The number of ether oxygens (including phenoxy) is 1. The summed E-state index contributed by atoms with van der Waals surface area (Å²) in [5.41, 5.74) is -1.46. The van der Waals surface area contributed by atoms with Crippen LogP contribution in [0.15, 0.2) is 12.1 Å². The van der Waals surface area contributed by atoms with Crippen LogP contribution in [0.1, 0.15) is 48.6 Å². The summed E-state index contributed by atoms with van der Waals surface area (Å²) in [7, 11) is -4.59. The Hall–Kier alpha value is -2.86. The van der Waals surface area contributed by atoms with Gasteiger partial charge < -0.3 is 9.84 Å². The van der Waals surface area contributed by atoms with Gasteiger partial charge in [-0.2, -0.15) is 0 Å². The summed E-state index contributed by atoms with van der Waals surface area (Å²) in [6.07, 6.45) is -0.808. The molecule has 2 N–H and O–H groups in total. The van der Waals surface area contributed by atoms with Gasteiger partial charge in [-0.1, -0.05) is 6.92 Å². The van der Waals surface area contributed by atoms with E-state index in [-0.39, 0.29) is 11.3 Å². The molecule has 0 spiro atoms. The molecule has 0 aromatic heterocycles. The van der Waals surface area contributed by atoms with Gasteiger partial charge in [0.1, 0.15) is 11.9 Å². The molecule has 1 atom stereocenters. The first-order valence-corrected chi connectivity index (χ1v) is 11.6. The molecule has 0 radical (unpaired) electrons. The molecule has 0 bridgehead atoms. The van der Waals surface area contributed by atoms with Crippen LogP contribution in [0.25, 0.3) is 0 Å². The third-order valence-corrected chi connectivity index (χ3v) is 6.51. The van der Waals surface area contributed by atoms with E-state index in [0.29, 0.717) is 24.2 Å². The molecule has 1 unspecified atom stereocenters. The maximum Gasteiger partial charge on any atom is 0.414 e. The van der Waals surface area contributed by atoms with Gasteiger partial charge >= 0.3 is 6.09 Å². The lowest BCUT2D eigenvalue weighted by atomic mass is 9.97. The summed E-state index contributed by atoms with van der Waals surface area (Å²) in [6.45, 7) is 3.87. The summed E-state index contributed by atoms with van der Waals surface area (Å²) in [6, 6.07) is 2.73. The molecule has 7 nitrogen and oxygen atoms in total. The summed E-state index contributed by atoms with van der Waals surface area (Å²) in [5, 5.41) is 9.94. The minimum atomic E-state index is -4.59. The number of aliphatic hydroxyl groups excluding tert-OH is 1. The number of carbonyl (C=O) groups is 1. The maximum atomic E-state index is 14.2. The molecule has 0 saturated heterocycles.